The highest BCUT2D eigenvalue weighted by atomic mass is 35.5. The zero-order valence-electron chi connectivity index (χ0n) is 16.7. The van der Waals surface area contributed by atoms with Gasteiger partial charge in [-0.25, -0.2) is 0 Å². The summed E-state index contributed by atoms with van der Waals surface area (Å²) < 4.78 is 39.5. The van der Waals surface area contributed by atoms with Gasteiger partial charge in [0.15, 0.2) is 0 Å². The van der Waals surface area contributed by atoms with Crippen molar-refractivity contribution in [3.05, 3.63) is 35.4 Å². The molecule has 0 unspecified atom stereocenters. The number of rotatable bonds is 6. The van der Waals surface area contributed by atoms with Gasteiger partial charge in [0.25, 0.3) is 0 Å². The Kier molecular flexibility index (Phi) is 8.79. The van der Waals surface area contributed by atoms with E-state index in [0.717, 1.165) is 64.5 Å². The number of carbonyl (C=O) groups excluding carboxylic acids is 1. The van der Waals surface area contributed by atoms with E-state index in [2.05, 4.69) is 15.5 Å². The quantitative estimate of drug-likeness (QED) is 0.672. The third-order valence-electron chi connectivity index (χ3n) is 6.03. The van der Waals surface area contributed by atoms with Crippen molar-refractivity contribution in [1.82, 2.24) is 15.5 Å². The molecule has 0 aromatic heterocycles. The van der Waals surface area contributed by atoms with Gasteiger partial charge >= 0.3 is 6.18 Å². The van der Waals surface area contributed by atoms with Crippen molar-refractivity contribution in [2.75, 3.05) is 39.3 Å². The van der Waals surface area contributed by atoms with Crippen LogP contribution in [0.2, 0.25) is 0 Å². The molecule has 2 N–H and O–H groups in total. The van der Waals surface area contributed by atoms with E-state index < -0.39 is 17.2 Å². The van der Waals surface area contributed by atoms with Gasteiger partial charge in [0.1, 0.15) is 0 Å². The lowest BCUT2D eigenvalue weighted by Crippen LogP contribution is -2.47. The Hall–Kier alpha value is -1.31. The van der Waals surface area contributed by atoms with Gasteiger partial charge in [0.2, 0.25) is 5.91 Å². The minimum absolute atomic E-state index is 0. The fourth-order valence-electron chi connectivity index (χ4n) is 4.40. The third kappa shape index (κ3) is 6.09. The molecule has 1 heterocycles. The van der Waals surface area contributed by atoms with Crippen molar-refractivity contribution >= 4 is 18.3 Å². The summed E-state index contributed by atoms with van der Waals surface area (Å²) in [6.07, 6.45) is 0.428. The van der Waals surface area contributed by atoms with Gasteiger partial charge < -0.3 is 15.5 Å². The zero-order valence-corrected chi connectivity index (χ0v) is 17.5. The lowest BCUT2D eigenvalue weighted by Gasteiger charge is -2.37. The first-order valence-electron chi connectivity index (χ1n) is 10.3. The van der Waals surface area contributed by atoms with E-state index >= 15 is 0 Å². The van der Waals surface area contributed by atoms with E-state index in [1.165, 1.54) is 12.1 Å². The SMILES string of the molecule is Cl.O=C(NCCCN1CCNCC1)C1(c2cccc(C(F)(F)F)c2)CCCCC1. The van der Waals surface area contributed by atoms with Crippen LogP contribution in [0.1, 0.15) is 49.7 Å². The van der Waals surface area contributed by atoms with Crippen LogP contribution in [0.5, 0.6) is 0 Å². The number of hydrogen-bond acceptors (Lipinski definition) is 3. The van der Waals surface area contributed by atoms with Crippen LogP contribution in [0.15, 0.2) is 24.3 Å². The maximum absolute atomic E-state index is 13.2. The van der Waals surface area contributed by atoms with Gasteiger partial charge in [0.05, 0.1) is 11.0 Å². The molecule has 0 spiro atoms. The van der Waals surface area contributed by atoms with Crippen LogP contribution in [-0.4, -0.2) is 50.1 Å². The summed E-state index contributed by atoms with van der Waals surface area (Å²) in [5.41, 5.74) is -1.02. The average Bonchev–Trinajstić information content (AvgIpc) is 2.72. The van der Waals surface area contributed by atoms with Gasteiger partial charge in [-0.2, -0.15) is 13.2 Å². The molecule has 1 saturated heterocycles. The van der Waals surface area contributed by atoms with Crippen LogP contribution in [0.4, 0.5) is 13.2 Å². The first kappa shape index (κ1) is 24.0. The fourth-order valence-corrected chi connectivity index (χ4v) is 4.40. The second-order valence-corrected chi connectivity index (χ2v) is 7.92. The molecule has 0 atom stereocenters. The van der Waals surface area contributed by atoms with E-state index in [1.54, 1.807) is 6.07 Å². The van der Waals surface area contributed by atoms with E-state index in [4.69, 9.17) is 0 Å². The first-order valence-corrected chi connectivity index (χ1v) is 10.3. The van der Waals surface area contributed by atoms with Crippen molar-refractivity contribution in [1.29, 1.82) is 0 Å². The normalized spacial score (nSPS) is 20.0. The highest BCUT2D eigenvalue weighted by Crippen LogP contribution is 2.41. The van der Waals surface area contributed by atoms with E-state index in [-0.39, 0.29) is 18.3 Å². The van der Waals surface area contributed by atoms with Gasteiger partial charge in [-0.15, -0.1) is 12.4 Å². The smallest absolute Gasteiger partial charge is 0.355 e. The summed E-state index contributed by atoms with van der Waals surface area (Å²) in [4.78, 5) is 15.5. The number of piperazine rings is 1. The Bertz CT molecular complexity index is 657. The summed E-state index contributed by atoms with van der Waals surface area (Å²) in [6.45, 7) is 5.50. The summed E-state index contributed by atoms with van der Waals surface area (Å²) in [6, 6.07) is 5.35. The van der Waals surface area contributed by atoms with Crippen molar-refractivity contribution in [2.24, 2.45) is 0 Å². The molecule has 29 heavy (non-hydrogen) atoms. The summed E-state index contributed by atoms with van der Waals surface area (Å²) in [5.74, 6) is -0.119. The molecule has 1 aliphatic carbocycles. The topological polar surface area (TPSA) is 44.4 Å². The van der Waals surface area contributed by atoms with Crippen LogP contribution >= 0.6 is 12.4 Å². The number of halogens is 4. The van der Waals surface area contributed by atoms with Crippen molar-refractivity contribution in [3.63, 3.8) is 0 Å². The highest BCUT2D eigenvalue weighted by Gasteiger charge is 2.42. The number of nitrogens with one attached hydrogen (secondary N) is 2. The Morgan fingerprint density at radius 3 is 2.48 bits per heavy atom. The Morgan fingerprint density at radius 1 is 1.14 bits per heavy atom. The Labute approximate surface area is 177 Å². The third-order valence-corrected chi connectivity index (χ3v) is 6.03. The van der Waals surface area contributed by atoms with E-state index in [0.29, 0.717) is 24.9 Å². The van der Waals surface area contributed by atoms with Gasteiger partial charge in [-0.1, -0.05) is 37.5 Å². The predicted octanol–water partition coefficient (Wildman–Crippen LogP) is 3.74. The maximum atomic E-state index is 13.2. The lowest BCUT2D eigenvalue weighted by atomic mass is 9.68. The molecule has 4 nitrogen and oxygen atoms in total. The van der Waals surface area contributed by atoms with Gasteiger partial charge in [-0.3, -0.25) is 4.79 Å². The number of benzene rings is 1. The van der Waals surface area contributed by atoms with Crippen molar-refractivity contribution in [2.45, 2.75) is 50.1 Å². The maximum Gasteiger partial charge on any atom is 0.416 e. The van der Waals surface area contributed by atoms with Crippen molar-refractivity contribution < 1.29 is 18.0 Å². The predicted molar refractivity (Wildman–Crippen MR) is 110 cm³/mol. The molecule has 1 aromatic carbocycles. The van der Waals surface area contributed by atoms with Crippen molar-refractivity contribution in [3.8, 4) is 0 Å². The zero-order chi connectivity index (χ0) is 20.0. The van der Waals surface area contributed by atoms with Crippen LogP contribution in [0.3, 0.4) is 0 Å². The number of alkyl halides is 3. The molecular weight excluding hydrogens is 403 g/mol. The van der Waals surface area contributed by atoms with E-state index in [9.17, 15) is 18.0 Å². The lowest BCUT2D eigenvalue weighted by molar-refractivity contribution is -0.138. The monoisotopic (exact) mass is 433 g/mol. The molecule has 1 aromatic rings. The van der Waals surface area contributed by atoms with Crippen LogP contribution in [-0.2, 0) is 16.4 Å². The number of nitrogens with zero attached hydrogens (tertiary/aromatic N) is 1. The highest BCUT2D eigenvalue weighted by molar-refractivity contribution is 5.88. The number of carbonyl (C=O) groups is 1. The molecule has 0 radical (unpaired) electrons. The van der Waals surface area contributed by atoms with Crippen LogP contribution in [0.25, 0.3) is 0 Å². The largest absolute Gasteiger partial charge is 0.416 e. The number of hydrogen-bond donors (Lipinski definition) is 2. The molecular formula is C21H31ClF3N3O. The summed E-state index contributed by atoms with van der Waals surface area (Å²) in [5, 5.41) is 6.34. The van der Waals surface area contributed by atoms with Crippen LogP contribution in [0, 0.1) is 0 Å². The minimum Gasteiger partial charge on any atom is -0.355 e. The molecule has 2 fully saturated rings. The molecule has 2 aliphatic rings. The molecule has 164 valence electrons. The molecule has 1 saturated carbocycles. The van der Waals surface area contributed by atoms with Gasteiger partial charge in [-0.05, 0) is 37.4 Å². The Balaban J connectivity index is 0.00000300. The molecule has 1 aliphatic heterocycles. The fraction of sp³-hybridized carbons (Fsp3) is 0.667. The molecule has 0 bridgehead atoms. The standard InChI is InChI=1S/C21H30F3N3O.ClH/c22-21(23,24)18-7-4-6-17(16-18)20(8-2-1-3-9-20)19(28)26-10-5-13-27-14-11-25-12-15-27;/h4,6-7,16,25H,1-3,5,8-15H2,(H,26,28);1H. The minimum atomic E-state index is -4.40. The Morgan fingerprint density at radius 2 is 1.83 bits per heavy atom. The average molecular weight is 434 g/mol. The van der Waals surface area contributed by atoms with E-state index in [1.807, 2.05) is 0 Å². The molecule has 1 amide bonds. The van der Waals surface area contributed by atoms with Crippen LogP contribution < -0.4 is 10.6 Å². The summed E-state index contributed by atoms with van der Waals surface area (Å²) >= 11 is 0. The summed E-state index contributed by atoms with van der Waals surface area (Å²) in [7, 11) is 0. The molecule has 8 heteroatoms. The number of amides is 1. The second kappa shape index (κ2) is 10.6. The van der Waals surface area contributed by atoms with Gasteiger partial charge in [0, 0.05) is 32.7 Å². The first-order chi connectivity index (χ1) is 13.4. The second-order valence-electron chi connectivity index (χ2n) is 7.92. The molecule has 3 rings (SSSR count).